The molecule has 0 radical (unpaired) electrons. The molecule has 1 saturated heterocycles. The van der Waals surface area contributed by atoms with Crippen LogP contribution in [0.1, 0.15) is 5.56 Å². The number of para-hydroxylation sites is 1. The van der Waals surface area contributed by atoms with Gasteiger partial charge in [0.25, 0.3) is 0 Å². The average Bonchev–Trinajstić information content (AvgIpc) is 3.12. The van der Waals surface area contributed by atoms with E-state index in [0.29, 0.717) is 12.2 Å². The summed E-state index contributed by atoms with van der Waals surface area (Å²) in [5, 5.41) is 10.7. The van der Waals surface area contributed by atoms with E-state index in [9.17, 15) is 0 Å². The maximum Gasteiger partial charge on any atom is 0.128 e. The summed E-state index contributed by atoms with van der Waals surface area (Å²) >= 11 is 1.56. The highest BCUT2D eigenvalue weighted by molar-refractivity contribution is 7.13. The van der Waals surface area contributed by atoms with Crippen molar-refractivity contribution in [3.8, 4) is 22.3 Å². The first-order chi connectivity index (χ1) is 8.86. The van der Waals surface area contributed by atoms with Crippen molar-refractivity contribution in [1.29, 1.82) is 5.26 Å². The molecular weight excluding hydrogens is 246 g/mol. The summed E-state index contributed by atoms with van der Waals surface area (Å²) in [6.07, 6.45) is 0.246. The summed E-state index contributed by atoms with van der Waals surface area (Å²) in [5.41, 5.74) is 1.72. The van der Waals surface area contributed by atoms with Crippen LogP contribution in [-0.2, 0) is 4.74 Å². The fraction of sp³-hybridized carbons (Fsp3) is 0.214. The predicted molar refractivity (Wildman–Crippen MR) is 69.7 cm³/mol. The zero-order valence-corrected chi connectivity index (χ0v) is 10.4. The van der Waals surface area contributed by atoms with Crippen molar-refractivity contribution < 1.29 is 9.47 Å². The summed E-state index contributed by atoms with van der Waals surface area (Å²) in [5.74, 6) is 0.847. The van der Waals surface area contributed by atoms with E-state index >= 15 is 0 Å². The van der Waals surface area contributed by atoms with Crippen LogP contribution in [0.2, 0.25) is 0 Å². The molecule has 4 heteroatoms. The third-order valence-electron chi connectivity index (χ3n) is 2.71. The van der Waals surface area contributed by atoms with Crippen molar-refractivity contribution in [3.05, 3.63) is 41.3 Å². The molecule has 0 bridgehead atoms. The van der Waals surface area contributed by atoms with Crippen molar-refractivity contribution in [2.24, 2.45) is 0 Å². The number of hydrogen-bond acceptors (Lipinski definition) is 4. The highest BCUT2D eigenvalue weighted by atomic mass is 32.1. The van der Waals surface area contributed by atoms with Crippen LogP contribution in [0, 0.1) is 11.3 Å². The molecular formula is C14H11NO2S. The Morgan fingerprint density at radius 3 is 3.00 bits per heavy atom. The number of epoxide rings is 1. The molecule has 3 nitrogen and oxygen atoms in total. The van der Waals surface area contributed by atoms with Gasteiger partial charge in [-0.2, -0.15) is 5.26 Å². The molecule has 18 heavy (non-hydrogen) atoms. The van der Waals surface area contributed by atoms with Crippen LogP contribution in [0.15, 0.2) is 35.7 Å². The highest BCUT2D eigenvalue weighted by Gasteiger charge is 2.23. The zero-order valence-electron chi connectivity index (χ0n) is 9.63. The van der Waals surface area contributed by atoms with Gasteiger partial charge < -0.3 is 9.47 Å². The SMILES string of the molecule is N#Cc1csc(-c2ccccc2OC[C@@H]2CO2)c1. The van der Waals surface area contributed by atoms with Crippen molar-refractivity contribution in [3.63, 3.8) is 0 Å². The lowest BCUT2D eigenvalue weighted by atomic mass is 10.1. The van der Waals surface area contributed by atoms with Crippen molar-refractivity contribution in [2.75, 3.05) is 13.2 Å². The number of thiophene rings is 1. The smallest absolute Gasteiger partial charge is 0.128 e. The number of hydrogen-bond donors (Lipinski definition) is 0. The summed E-state index contributed by atoms with van der Waals surface area (Å²) in [6, 6.07) is 11.9. The second kappa shape index (κ2) is 4.81. The predicted octanol–water partition coefficient (Wildman–Crippen LogP) is 3.06. The van der Waals surface area contributed by atoms with Crippen molar-refractivity contribution in [2.45, 2.75) is 6.10 Å². The molecule has 0 aliphatic carbocycles. The normalized spacial score (nSPS) is 17.2. The topological polar surface area (TPSA) is 45.5 Å². The second-order valence-corrected chi connectivity index (χ2v) is 4.99. The molecule has 0 spiro atoms. The van der Waals surface area contributed by atoms with Crippen LogP contribution in [-0.4, -0.2) is 19.3 Å². The van der Waals surface area contributed by atoms with Gasteiger partial charge in [0.2, 0.25) is 0 Å². The highest BCUT2D eigenvalue weighted by Crippen LogP contribution is 2.34. The second-order valence-electron chi connectivity index (χ2n) is 4.07. The van der Waals surface area contributed by atoms with Gasteiger partial charge >= 0.3 is 0 Å². The van der Waals surface area contributed by atoms with Crippen LogP contribution in [0.25, 0.3) is 10.4 Å². The first-order valence-corrected chi connectivity index (χ1v) is 6.57. The van der Waals surface area contributed by atoms with Gasteiger partial charge in [-0.3, -0.25) is 0 Å². The lowest BCUT2D eigenvalue weighted by Gasteiger charge is -2.08. The molecule has 90 valence electrons. The molecule has 1 atom stereocenters. The fourth-order valence-corrected chi connectivity index (χ4v) is 2.54. The monoisotopic (exact) mass is 257 g/mol. The average molecular weight is 257 g/mol. The van der Waals surface area contributed by atoms with Gasteiger partial charge in [-0.25, -0.2) is 0 Å². The molecule has 2 heterocycles. The minimum Gasteiger partial charge on any atom is -0.490 e. The largest absolute Gasteiger partial charge is 0.490 e. The van der Waals surface area contributed by atoms with Gasteiger partial charge in [-0.1, -0.05) is 12.1 Å². The molecule has 3 rings (SSSR count). The molecule has 1 aliphatic heterocycles. The summed E-state index contributed by atoms with van der Waals surface area (Å²) in [6.45, 7) is 1.38. The lowest BCUT2D eigenvalue weighted by Crippen LogP contribution is -2.04. The Balaban J connectivity index is 1.87. The minimum absolute atomic E-state index is 0.246. The van der Waals surface area contributed by atoms with Gasteiger partial charge in [0.1, 0.15) is 24.5 Å². The Labute approximate surface area is 109 Å². The fourth-order valence-electron chi connectivity index (χ4n) is 1.68. The Morgan fingerprint density at radius 2 is 2.28 bits per heavy atom. The van der Waals surface area contributed by atoms with E-state index in [2.05, 4.69) is 6.07 Å². The molecule has 0 amide bonds. The van der Waals surface area contributed by atoms with Gasteiger partial charge in [-0.15, -0.1) is 11.3 Å². The molecule has 0 N–H and O–H groups in total. The standard InChI is InChI=1S/C14H11NO2S/c15-6-10-5-14(18-9-10)12-3-1-2-4-13(12)17-8-11-7-16-11/h1-5,9,11H,7-8H2/t11-/m0/s1. The maximum absolute atomic E-state index is 8.86. The van der Waals surface area contributed by atoms with E-state index in [0.717, 1.165) is 22.8 Å². The van der Waals surface area contributed by atoms with E-state index in [1.165, 1.54) is 0 Å². The van der Waals surface area contributed by atoms with E-state index in [4.69, 9.17) is 14.7 Å². The van der Waals surface area contributed by atoms with E-state index in [-0.39, 0.29) is 6.10 Å². The first kappa shape index (κ1) is 11.3. The number of benzene rings is 1. The van der Waals surface area contributed by atoms with Crippen LogP contribution >= 0.6 is 11.3 Å². The molecule has 0 unspecified atom stereocenters. The van der Waals surface area contributed by atoms with E-state index < -0.39 is 0 Å². The van der Waals surface area contributed by atoms with Crippen LogP contribution in [0.4, 0.5) is 0 Å². The van der Waals surface area contributed by atoms with Crippen molar-refractivity contribution >= 4 is 11.3 Å². The van der Waals surface area contributed by atoms with Gasteiger partial charge in [0.15, 0.2) is 0 Å². The molecule has 1 aromatic carbocycles. The maximum atomic E-state index is 8.86. The molecule has 2 aromatic rings. The number of rotatable bonds is 4. The number of ether oxygens (including phenoxy) is 2. The van der Waals surface area contributed by atoms with Gasteiger partial charge in [0.05, 0.1) is 12.2 Å². The quantitative estimate of drug-likeness (QED) is 0.791. The summed E-state index contributed by atoms with van der Waals surface area (Å²) < 4.78 is 10.9. The molecule has 1 aromatic heterocycles. The summed E-state index contributed by atoms with van der Waals surface area (Å²) in [7, 11) is 0. The van der Waals surface area contributed by atoms with E-state index in [1.54, 1.807) is 11.3 Å². The van der Waals surface area contributed by atoms with Gasteiger partial charge in [-0.05, 0) is 18.2 Å². The Kier molecular flexibility index (Phi) is 3.01. The van der Waals surface area contributed by atoms with Crippen LogP contribution < -0.4 is 4.74 Å². The Morgan fingerprint density at radius 1 is 1.44 bits per heavy atom. The Bertz CT molecular complexity index is 596. The third-order valence-corrected chi connectivity index (χ3v) is 3.67. The van der Waals surface area contributed by atoms with Crippen LogP contribution in [0.5, 0.6) is 5.75 Å². The zero-order chi connectivity index (χ0) is 12.4. The van der Waals surface area contributed by atoms with Gasteiger partial charge in [0, 0.05) is 15.8 Å². The Hall–Kier alpha value is -1.83. The number of nitrogens with zero attached hydrogens (tertiary/aromatic N) is 1. The third kappa shape index (κ3) is 2.37. The summed E-state index contributed by atoms with van der Waals surface area (Å²) in [4.78, 5) is 1.05. The molecule has 1 aliphatic rings. The first-order valence-electron chi connectivity index (χ1n) is 5.69. The van der Waals surface area contributed by atoms with E-state index in [1.807, 2.05) is 35.7 Å². The minimum atomic E-state index is 0.246. The van der Waals surface area contributed by atoms with Crippen LogP contribution in [0.3, 0.4) is 0 Å². The molecule has 1 fully saturated rings. The van der Waals surface area contributed by atoms with Crippen molar-refractivity contribution in [1.82, 2.24) is 0 Å². The molecule has 0 saturated carbocycles. The number of nitriles is 1. The lowest BCUT2D eigenvalue weighted by molar-refractivity contribution is 0.264.